The van der Waals surface area contributed by atoms with E-state index in [-0.39, 0.29) is 35.5 Å². The summed E-state index contributed by atoms with van der Waals surface area (Å²) in [6.07, 6.45) is 0.975. The Hall–Kier alpha value is -2.77. The minimum atomic E-state index is -0.393. The normalized spacial score (nSPS) is 15.4. The molecule has 0 saturated carbocycles. The molecular weight excluding hydrogens is 405 g/mol. The third-order valence-corrected chi connectivity index (χ3v) is 4.76. The van der Waals surface area contributed by atoms with E-state index in [4.69, 9.17) is 32.7 Å². The molecule has 4 rings (SSSR count). The van der Waals surface area contributed by atoms with Crippen LogP contribution in [0.3, 0.4) is 0 Å². The third kappa shape index (κ3) is 3.76. The van der Waals surface area contributed by atoms with Crippen molar-refractivity contribution in [1.29, 1.82) is 0 Å². The molecule has 1 aliphatic heterocycles. The maximum absolute atomic E-state index is 12.6. The number of benzene rings is 2. The first-order valence-electron chi connectivity index (χ1n) is 8.50. The molecule has 2 aromatic carbocycles. The standard InChI is InChI=1S/C19H15Cl2N3O4/c20-11-5-13-18(14(21)6-11)23-10-24(19(13)26)8-17(25)22-7-12-9-27-15-3-1-2-4-16(15)28-12/h1-6,10,12H,7-9H2,(H,22,25). The number of hydrogen-bond donors (Lipinski definition) is 1. The van der Waals surface area contributed by atoms with Gasteiger partial charge in [-0.3, -0.25) is 14.2 Å². The van der Waals surface area contributed by atoms with Gasteiger partial charge in [-0.05, 0) is 24.3 Å². The van der Waals surface area contributed by atoms with Gasteiger partial charge in [-0.2, -0.15) is 0 Å². The second-order valence-corrected chi connectivity index (χ2v) is 7.11. The molecule has 7 nitrogen and oxygen atoms in total. The summed E-state index contributed by atoms with van der Waals surface area (Å²) in [5, 5.41) is 3.61. The van der Waals surface area contributed by atoms with Crippen LogP contribution in [0.15, 0.2) is 47.5 Å². The van der Waals surface area contributed by atoms with E-state index >= 15 is 0 Å². The van der Waals surface area contributed by atoms with Crippen LogP contribution in [-0.2, 0) is 11.3 Å². The minimum Gasteiger partial charge on any atom is -0.486 e. The Balaban J connectivity index is 1.42. The van der Waals surface area contributed by atoms with Gasteiger partial charge in [0.1, 0.15) is 19.3 Å². The number of nitrogens with zero attached hydrogens (tertiary/aromatic N) is 2. The van der Waals surface area contributed by atoms with E-state index < -0.39 is 5.56 Å². The zero-order valence-electron chi connectivity index (χ0n) is 14.5. The number of nitrogens with one attached hydrogen (secondary N) is 1. The fourth-order valence-electron chi connectivity index (χ4n) is 2.91. The zero-order chi connectivity index (χ0) is 19.7. The fraction of sp³-hybridized carbons (Fsp3) is 0.211. The largest absolute Gasteiger partial charge is 0.486 e. The number of aromatic nitrogens is 2. The molecule has 0 spiro atoms. The Morgan fingerprint density at radius 2 is 2.04 bits per heavy atom. The van der Waals surface area contributed by atoms with Gasteiger partial charge < -0.3 is 14.8 Å². The first-order chi connectivity index (χ1) is 13.5. The van der Waals surface area contributed by atoms with Crippen LogP contribution < -0.4 is 20.3 Å². The quantitative estimate of drug-likeness (QED) is 0.702. The lowest BCUT2D eigenvalue weighted by Crippen LogP contribution is -2.42. The Labute approximate surface area is 169 Å². The summed E-state index contributed by atoms with van der Waals surface area (Å²) < 4.78 is 12.6. The van der Waals surface area contributed by atoms with Crippen molar-refractivity contribution in [3.05, 3.63) is 63.1 Å². The maximum Gasteiger partial charge on any atom is 0.261 e. The Morgan fingerprint density at radius 3 is 2.86 bits per heavy atom. The molecule has 1 aromatic heterocycles. The van der Waals surface area contributed by atoms with Crippen molar-refractivity contribution in [3.63, 3.8) is 0 Å². The number of para-hydroxylation sites is 2. The lowest BCUT2D eigenvalue weighted by Gasteiger charge is -2.26. The van der Waals surface area contributed by atoms with Crippen LogP contribution in [0.25, 0.3) is 10.9 Å². The SMILES string of the molecule is O=C(Cn1cnc2c(Cl)cc(Cl)cc2c1=O)NCC1COc2ccccc2O1. The molecule has 0 aliphatic carbocycles. The average molecular weight is 420 g/mol. The molecule has 0 saturated heterocycles. The first kappa shape index (κ1) is 18.6. The van der Waals surface area contributed by atoms with Gasteiger partial charge in [0.25, 0.3) is 5.56 Å². The van der Waals surface area contributed by atoms with Crippen molar-refractivity contribution in [2.45, 2.75) is 12.6 Å². The molecule has 9 heteroatoms. The molecule has 1 unspecified atom stereocenters. The molecule has 1 amide bonds. The van der Waals surface area contributed by atoms with Gasteiger partial charge in [-0.1, -0.05) is 35.3 Å². The average Bonchev–Trinajstić information content (AvgIpc) is 2.68. The molecule has 28 heavy (non-hydrogen) atoms. The van der Waals surface area contributed by atoms with E-state index in [0.29, 0.717) is 28.6 Å². The zero-order valence-corrected chi connectivity index (χ0v) is 16.0. The van der Waals surface area contributed by atoms with Gasteiger partial charge in [0.05, 0.1) is 28.8 Å². The maximum atomic E-state index is 12.6. The summed E-state index contributed by atoms with van der Waals surface area (Å²) in [6.45, 7) is 0.391. The summed E-state index contributed by atoms with van der Waals surface area (Å²) >= 11 is 12.0. The number of hydrogen-bond acceptors (Lipinski definition) is 5. The van der Waals surface area contributed by atoms with Gasteiger partial charge in [-0.25, -0.2) is 4.98 Å². The van der Waals surface area contributed by atoms with E-state index in [2.05, 4.69) is 10.3 Å². The Bertz CT molecular complexity index is 1120. The van der Waals surface area contributed by atoms with Gasteiger partial charge in [0, 0.05) is 5.02 Å². The Morgan fingerprint density at radius 1 is 1.25 bits per heavy atom. The molecule has 0 radical (unpaired) electrons. The molecule has 2 heterocycles. The second-order valence-electron chi connectivity index (χ2n) is 6.26. The molecule has 1 atom stereocenters. The van der Waals surface area contributed by atoms with Gasteiger partial charge >= 0.3 is 0 Å². The van der Waals surface area contributed by atoms with Crippen LogP contribution in [-0.4, -0.2) is 34.7 Å². The number of rotatable bonds is 4. The van der Waals surface area contributed by atoms with E-state index in [1.807, 2.05) is 18.2 Å². The van der Waals surface area contributed by atoms with Crippen molar-refractivity contribution >= 4 is 40.0 Å². The fourth-order valence-corrected chi connectivity index (χ4v) is 3.45. The highest BCUT2D eigenvalue weighted by Gasteiger charge is 2.21. The van der Waals surface area contributed by atoms with Crippen LogP contribution in [0.5, 0.6) is 11.5 Å². The minimum absolute atomic E-state index is 0.184. The van der Waals surface area contributed by atoms with Crippen molar-refractivity contribution in [2.24, 2.45) is 0 Å². The van der Waals surface area contributed by atoms with Gasteiger partial charge in [0.15, 0.2) is 11.5 Å². The Kier molecular flexibility index (Phi) is 5.11. The number of halogens is 2. The number of fused-ring (bicyclic) bond motifs is 2. The molecule has 1 aliphatic rings. The van der Waals surface area contributed by atoms with E-state index in [1.165, 1.54) is 23.0 Å². The van der Waals surface area contributed by atoms with Crippen LogP contribution >= 0.6 is 23.2 Å². The van der Waals surface area contributed by atoms with Crippen LogP contribution in [0.4, 0.5) is 0 Å². The number of carbonyl (C=O) groups excluding carboxylic acids is 1. The number of ether oxygens (including phenoxy) is 2. The second kappa shape index (κ2) is 7.69. The molecule has 1 N–H and O–H groups in total. The summed E-state index contributed by atoms with van der Waals surface area (Å²) in [6, 6.07) is 10.3. The van der Waals surface area contributed by atoms with E-state index in [9.17, 15) is 9.59 Å². The molecule has 0 bridgehead atoms. The summed E-state index contributed by atoms with van der Waals surface area (Å²) in [5.74, 6) is 0.965. The van der Waals surface area contributed by atoms with Crippen LogP contribution in [0.2, 0.25) is 10.0 Å². The highest BCUT2D eigenvalue weighted by atomic mass is 35.5. The van der Waals surface area contributed by atoms with Crippen molar-refractivity contribution in [1.82, 2.24) is 14.9 Å². The molecule has 3 aromatic rings. The lowest BCUT2D eigenvalue weighted by molar-refractivity contribution is -0.122. The molecule has 0 fully saturated rings. The molecule has 144 valence electrons. The molecular formula is C19H15Cl2N3O4. The predicted octanol–water partition coefficient (Wildman–Crippen LogP) is 2.66. The lowest BCUT2D eigenvalue weighted by atomic mass is 10.2. The van der Waals surface area contributed by atoms with E-state index in [1.54, 1.807) is 6.07 Å². The van der Waals surface area contributed by atoms with Gasteiger partial charge in [0.2, 0.25) is 5.91 Å². The van der Waals surface area contributed by atoms with Gasteiger partial charge in [-0.15, -0.1) is 0 Å². The number of amides is 1. The monoisotopic (exact) mass is 419 g/mol. The van der Waals surface area contributed by atoms with Crippen molar-refractivity contribution in [2.75, 3.05) is 13.2 Å². The van der Waals surface area contributed by atoms with Crippen LogP contribution in [0.1, 0.15) is 0 Å². The summed E-state index contributed by atoms with van der Waals surface area (Å²) in [7, 11) is 0. The smallest absolute Gasteiger partial charge is 0.261 e. The summed E-state index contributed by atoms with van der Waals surface area (Å²) in [4.78, 5) is 29.0. The predicted molar refractivity (Wildman–Crippen MR) is 105 cm³/mol. The van der Waals surface area contributed by atoms with Crippen molar-refractivity contribution in [3.8, 4) is 11.5 Å². The van der Waals surface area contributed by atoms with E-state index in [0.717, 1.165) is 0 Å². The summed E-state index contributed by atoms with van der Waals surface area (Å²) in [5.41, 5.74) is -0.0464. The highest BCUT2D eigenvalue weighted by Crippen LogP contribution is 2.30. The van der Waals surface area contributed by atoms with Crippen LogP contribution in [0, 0.1) is 0 Å². The highest BCUT2D eigenvalue weighted by molar-refractivity contribution is 6.38. The topological polar surface area (TPSA) is 82.5 Å². The van der Waals surface area contributed by atoms with Crippen molar-refractivity contribution < 1.29 is 14.3 Å². The number of carbonyl (C=O) groups is 1. The first-order valence-corrected chi connectivity index (χ1v) is 9.26. The third-order valence-electron chi connectivity index (χ3n) is 4.25.